The van der Waals surface area contributed by atoms with Crippen molar-refractivity contribution in [3.05, 3.63) is 35.3 Å². The van der Waals surface area contributed by atoms with Crippen LogP contribution in [0.2, 0.25) is 0 Å². The Morgan fingerprint density at radius 1 is 1.20 bits per heavy atom. The number of anilines is 2. The van der Waals surface area contributed by atoms with Crippen LogP contribution in [0.15, 0.2) is 18.2 Å². The summed E-state index contributed by atoms with van der Waals surface area (Å²) in [5.41, 5.74) is 2.66. The average Bonchev–Trinajstić information content (AvgIpc) is 3.14. The number of aromatic nitrogens is 3. The van der Waals surface area contributed by atoms with Crippen molar-refractivity contribution in [2.24, 2.45) is 0 Å². The molecule has 0 spiro atoms. The van der Waals surface area contributed by atoms with Gasteiger partial charge in [0, 0.05) is 31.6 Å². The molecule has 2 atom stereocenters. The number of carbonyl (C=O) groups excluding carboxylic acids is 2. The molecule has 0 unspecified atom stereocenters. The summed E-state index contributed by atoms with van der Waals surface area (Å²) < 4.78 is 7.70. The first-order valence-corrected chi connectivity index (χ1v) is 12.4. The van der Waals surface area contributed by atoms with E-state index < -0.39 is 0 Å². The highest BCUT2D eigenvalue weighted by Crippen LogP contribution is 2.39. The Kier molecular flexibility index (Phi) is 6.55. The maximum Gasteiger partial charge on any atom is 0.407 e. The number of alkyl carbamates (subject to hydrolysis) is 1. The van der Waals surface area contributed by atoms with Crippen molar-refractivity contribution in [1.82, 2.24) is 25.0 Å². The zero-order chi connectivity index (χ0) is 25.5. The molecule has 0 bridgehead atoms. The van der Waals surface area contributed by atoms with Crippen LogP contribution in [-0.2, 0) is 10.3 Å². The Labute approximate surface area is 207 Å². The first-order valence-electron chi connectivity index (χ1n) is 12.4. The maximum atomic E-state index is 12.3. The number of aryl methyl sites for hydroxylation is 1. The summed E-state index contributed by atoms with van der Waals surface area (Å²) in [5.74, 6) is 0.972. The van der Waals surface area contributed by atoms with E-state index in [2.05, 4.69) is 42.5 Å². The molecule has 2 aromatic rings. The molecule has 2 aromatic heterocycles. The number of pyridine rings is 1. The Morgan fingerprint density at radius 3 is 2.51 bits per heavy atom. The molecule has 2 fully saturated rings. The average molecular weight is 483 g/mol. The summed E-state index contributed by atoms with van der Waals surface area (Å²) in [6, 6.07) is 5.71. The fourth-order valence-corrected chi connectivity index (χ4v) is 4.43. The standard InChI is InChI=1S/C26H38N6O3/c1-16-19(10-11-20(27-16)23(33)31(6)7)28-22-15-21(30-32(22)25(2,3)4)17-8-9-18(14-17)35-24(34)29-26(5)12-13-26/h10-11,15,17-18,28H,8-9,12-14H2,1-7H3,(H,29,34)/t17-,18+/m0/s1. The molecule has 9 nitrogen and oxygen atoms in total. The lowest BCUT2D eigenvalue weighted by atomic mass is 10.0. The molecule has 2 N–H and O–H groups in total. The molecule has 190 valence electrons. The van der Waals surface area contributed by atoms with Crippen LogP contribution in [0.25, 0.3) is 0 Å². The van der Waals surface area contributed by atoms with Crippen LogP contribution in [0.3, 0.4) is 0 Å². The first-order chi connectivity index (χ1) is 16.3. The van der Waals surface area contributed by atoms with Crippen LogP contribution in [0, 0.1) is 6.92 Å². The third-order valence-electron chi connectivity index (χ3n) is 6.82. The minimum absolute atomic E-state index is 0.0773. The van der Waals surface area contributed by atoms with Gasteiger partial charge in [-0.15, -0.1) is 0 Å². The van der Waals surface area contributed by atoms with Crippen LogP contribution >= 0.6 is 0 Å². The Morgan fingerprint density at radius 2 is 1.91 bits per heavy atom. The quantitative estimate of drug-likeness (QED) is 0.619. The van der Waals surface area contributed by atoms with E-state index in [0.29, 0.717) is 5.69 Å². The summed E-state index contributed by atoms with van der Waals surface area (Å²) in [4.78, 5) is 30.5. The highest BCUT2D eigenvalue weighted by molar-refractivity contribution is 5.92. The Balaban J connectivity index is 1.49. The van der Waals surface area contributed by atoms with E-state index in [1.807, 2.05) is 24.6 Å². The van der Waals surface area contributed by atoms with Crippen molar-refractivity contribution in [3.63, 3.8) is 0 Å². The summed E-state index contributed by atoms with van der Waals surface area (Å²) in [6.07, 6.45) is 4.16. The number of ether oxygens (including phenoxy) is 1. The van der Waals surface area contributed by atoms with Crippen molar-refractivity contribution >= 4 is 23.5 Å². The predicted octanol–water partition coefficient (Wildman–Crippen LogP) is 4.70. The normalized spacial score (nSPS) is 20.9. The Bertz CT molecular complexity index is 1110. The number of nitrogens with one attached hydrogen (secondary N) is 2. The van der Waals surface area contributed by atoms with Gasteiger partial charge < -0.3 is 20.3 Å². The van der Waals surface area contributed by atoms with Gasteiger partial charge in [0.1, 0.15) is 17.6 Å². The molecule has 35 heavy (non-hydrogen) atoms. The van der Waals surface area contributed by atoms with Crippen molar-refractivity contribution in [2.45, 2.75) is 89.8 Å². The van der Waals surface area contributed by atoms with Crippen LogP contribution in [0.4, 0.5) is 16.3 Å². The van der Waals surface area contributed by atoms with Gasteiger partial charge in [0.15, 0.2) is 0 Å². The molecule has 2 aliphatic carbocycles. The number of nitrogens with zero attached hydrogens (tertiary/aromatic N) is 4. The van der Waals surface area contributed by atoms with Crippen LogP contribution < -0.4 is 10.6 Å². The second kappa shape index (κ2) is 9.17. The molecule has 0 saturated heterocycles. The molecular weight excluding hydrogens is 444 g/mol. The van der Waals surface area contributed by atoms with Crippen LogP contribution in [0.1, 0.15) is 87.6 Å². The van der Waals surface area contributed by atoms with Gasteiger partial charge in [-0.3, -0.25) is 4.79 Å². The van der Waals surface area contributed by atoms with Gasteiger partial charge in [0.05, 0.1) is 22.6 Å². The molecular formula is C26H38N6O3. The van der Waals surface area contributed by atoms with E-state index in [-0.39, 0.29) is 35.1 Å². The molecule has 0 radical (unpaired) electrons. The second-order valence-electron chi connectivity index (χ2n) is 11.4. The van der Waals surface area contributed by atoms with E-state index in [0.717, 1.165) is 55.0 Å². The van der Waals surface area contributed by atoms with Crippen molar-refractivity contribution in [3.8, 4) is 0 Å². The van der Waals surface area contributed by atoms with E-state index in [4.69, 9.17) is 9.84 Å². The van der Waals surface area contributed by atoms with Crippen molar-refractivity contribution < 1.29 is 14.3 Å². The van der Waals surface area contributed by atoms with Crippen molar-refractivity contribution in [2.75, 3.05) is 19.4 Å². The zero-order valence-corrected chi connectivity index (χ0v) is 21.9. The van der Waals surface area contributed by atoms with Gasteiger partial charge in [0.2, 0.25) is 0 Å². The summed E-state index contributed by atoms with van der Waals surface area (Å²) in [6.45, 7) is 10.3. The monoisotopic (exact) mass is 482 g/mol. The molecule has 9 heteroatoms. The molecule has 2 aliphatic rings. The van der Waals surface area contributed by atoms with Gasteiger partial charge in [-0.25, -0.2) is 14.5 Å². The van der Waals surface area contributed by atoms with Gasteiger partial charge in [-0.05, 0) is 78.9 Å². The number of amides is 2. The highest BCUT2D eigenvalue weighted by atomic mass is 16.6. The van der Waals surface area contributed by atoms with Gasteiger partial charge in [-0.1, -0.05) is 0 Å². The minimum atomic E-state index is -0.308. The summed E-state index contributed by atoms with van der Waals surface area (Å²) in [5, 5.41) is 11.4. The second-order valence-corrected chi connectivity index (χ2v) is 11.4. The minimum Gasteiger partial charge on any atom is -0.446 e. The summed E-state index contributed by atoms with van der Waals surface area (Å²) >= 11 is 0. The number of hydrogen-bond acceptors (Lipinski definition) is 6. The number of rotatable bonds is 6. The molecule has 2 heterocycles. The van der Waals surface area contributed by atoms with Gasteiger partial charge >= 0.3 is 6.09 Å². The lowest BCUT2D eigenvalue weighted by molar-refractivity contribution is 0.0821. The summed E-state index contributed by atoms with van der Waals surface area (Å²) in [7, 11) is 3.43. The van der Waals surface area contributed by atoms with E-state index in [9.17, 15) is 9.59 Å². The van der Waals surface area contributed by atoms with E-state index in [1.165, 1.54) is 4.90 Å². The number of hydrogen-bond donors (Lipinski definition) is 2. The molecule has 2 saturated carbocycles. The highest BCUT2D eigenvalue weighted by Gasteiger charge is 2.40. The molecule has 0 aromatic carbocycles. The largest absolute Gasteiger partial charge is 0.446 e. The molecule has 2 amide bonds. The fraction of sp³-hybridized carbons (Fsp3) is 0.615. The smallest absolute Gasteiger partial charge is 0.407 e. The fourth-order valence-electron chi connectivity index (χ4n) is 4.43. The predicted molar refractivity (Wildman–Crippen MR) is 135 cm³/mol. The van der Waals surface area contributed by atoms with Crippen LogP contribution in [-0.4, -0.2) is 57.4 Å². The third-order valence-corrected chi connectivity index (χ3v) is 6.82. The molecule has 4 rings (SSSR count). The van der Waals surface area contributed by atoms with Gasteiger partial charge in [-0.2, -0.15) is 5.10 Å². The van der Waals surface area contributed by atoms with E-state index in [1.54, 1.807) is 20.2 Å². The van der Waals surface area contributed by atoms with Gasteiger partial charge in [0.25, 0.3) is 5.91 Å². The topological polar surface area (TPSA) is 101 Å². The number of carbonyl (C=O) groups is 2. The lowest BCUT2D eigenvalue weighted by Gasteiger charge is -2.23. The first kappa shape index (κ1) is 25.0. The maximum absolute atomic E-state index is 12.3. The zero-order valence-electron chi connectivity index (χ0n) is 21.9. The van der Waals surface area contributed by atoms with Crippen molar-refractivity contribution in [1.29, 1.82) is 0 Å². The molecule has 0 aliphatic heterocycles. The Hall–Kier alpha value is -3.10. The SMILES string of the molecule is Cc1nc(C(=O)N(C)C)ccc1Nc1cc([C@H]2CC[C@@H](OC(=O)NC3(C)CC3)C2)nn1C(C)(C)C. The van der Waals surface area contributed by atoms with Crippen LogP contribution in [0.5, 0.6) is 0 Å². The third kappa shape index (κ3) is 5.77. The van der Waals surface area contributed by atoms with E-state index >= 15 is 0 Å². The lowest BCUT2D eigenvalue weighted by Crippen LogP contribution is -2.36.